The van der Waals surface area contributed by atoms with Crippen molar-refractivity contribution in [1.29, 1.82) is 0 Å². The smallest absolute Gasteiger partial charge is 0.0196 e. The fraction of sp³-hybridized carbons (Fsp3) is 0.524. The normalized spacial score (nSPS) is 17.3. The third kappa shape index (κ3) is 4.50. The van der Waals surface area contributed by atoms with Crippen molar-refractivity contribution in [3.63, 3.8) is 0 Å². The quantitative estimate of drug-likeness (QED) is 0.718. The molecule has 1 nitrogen and oxygen atoms in total. The highest BCUT2D eigenvalue weighted by molar-refractivity contribution is 5.30. The number of nitrogens with one attached hydrogen (secondary N) is 1. The molecule has 1 aromatic carbocycles. The second-order valence-corrected chi connectivity index (χ2v) is 6.79. The van der Waals surface area contributed by atoms with Gasteiger partial charge in [0.05, 0.1) is 0 Å². The van der Waals surface area contributed by atoms with Gasteiger partial charge in [0.2, 0.25) is 0 Å². The van der Waals surface area contributed by atoms with Gasteiger partial charge in [0.25, 0.3) is 0 Å². The number of rotatable bonds is 2. The molecule has 1 N–H and O–H groups in total. The van der Waals surface area contributed by atoms with Gasteiger partial charge in [-0.3, -0.25) is 0 Å². The minimum absolute atomic E-state index is 1.04. The van der Waals surface area contributed by atoms with Crippen LogP contribution in [0.5, 0.6) is 0 Å². The Hall–Kier alpha value is -1.50. The number of hydrogen-bond acceptors (Lipinski definition) is 0. The van der Waals surface area contributed by atoms with Crippen molar-refractivity contribution in [2.24, 2.45) is 0 Å². The molecule has 118 valence electrons. The summed E-state index contributed by atoms with van der Waals surface area (Å²) in [4.78, 5) is 3.73. The van der Waals surface area contributed by atoms with Gasteiger partial charge in [-0.05, 0) is 42.9 Å². The van der Waals surface area contributed by atoms with E-state index >= 15 is 0 Å². The van der Waals surface area contributed by atoms with Crippen LogP contribution < -0.4 is 0 Å². The van der Waals surface area contributed by atoms with Gasteiger partial charge in [-0.1, -0.05) is 68.9 Å². The molecule has 1 aliphatic carbocycles. The predicted octanol–water partition coefficient (Wildman–Crippen LogP) is 5.82. The molecule has 0 bridgehead atoms. The van der Waals surface area contributed by atoms with Gasteiger partial charge in [0, 0.05) is 17.8 Å². The maximum atomic E-state index is 3.73. The topological polar surface area (TPSA) is 15.8 Å². The van der Waals surface area contributed by atoms with Crippen molar-refractivity contribution in [1.82, 2.24) is 4.98 Å². The van der Waals surface area contributed by atoms with E-state index < -0.39 is 0 Å². The minimum atomic E-state index is 1.04. The molecule has 0 amide bonds. The fourth-order valence-electron chi connectivity index (χ4n) is 3.64. The highest BCUT2D eigenvalue weighted by atomic mass is 14.7. The van der Waals surface area contributed by atoms with Gasteiger partial charge in [-0.15, -0.1) is 0 Å². The van der Waals surface area contributed by atoms with Gasteiger partial charge in [-0.25, -0.2) is 0 Å². The first kappa shape index (κ1) is 15.4. The van der Waals surface area contributed by atoms with Crippen LogP contribution in [0.2, 0.25) is 0 Å². The van der Waals surface area contributed by atoms with Crippen molar-refractivity contribution in [3.8, 4) is 0 Å². The van der Waals surface area contributed by atoms with Crippen molar-refractivity contribution in [2.75, 3.05) is 0 Å². The van der Waals surface area contributed by atoms with Gasteiger partial charge < -0.3 is 4.98 Å². The van der Waals surface area contributed by atoms with E-state index in [2.05, 4.69) is 41.4 Å². The first-order valence-electron chi connectivity index (χ1n) is 9.15. The number of aryl methyl sites for hydroxylation is 2. The minimum Gasteiger partial charge on any atom is -0.362 e. The van der Waals surface area contributed by atoms with E-state index in [-0.39, 0.29) is 0 Å². The van der Waals surface area contributed by atoms with Crippen molar-refractivity contribution < 1.29 is 0 Å². The van der Waals surface area contributed by atoms with Gasteiger partial charge >= 0.3 is 0 Å². The van der Waals surface area contributed by atoms with E-state index in [0.29, 0.717) is 0 Å². The zero-order valence-corrected chi connectivity index (χ0v) is 13.7. The molecule has 0 radical (unpaired) electrons. The summed E-state index contributed by atoms with van der Waals surface area (Å²) < 4.78 is 0. The van der Waals surface area contributed by atoms with Crippen LogP contribution in [-0.2, 0) is 19.3 Å². The highest BCUT2D eigenvalue weighted by Crippen LogP contribution is 2.21. The Bertz CT molecular complexity index is 523. The zero-order valence-electron chi connectivity index (χ0n) is 13.7. The molecule has 1 aliphatic rings. The van der Waals surface area contributed by atoms with E-state index in [0.717, 1.165) is 6.42 Å². The Kier molecular flexibility index (Phi) is 5.75. The Balaban J connectivity index is 1.70. The molecule has 0 atom stereocenters. The number of aromatic amines is 1. The summed E-state index contributed by atoms with van der Waals surface area (Å²) in [6.45, 7) is 0. The maximum Gasteiger partial charge on any atom is 0.0196 e. The Morgan fingerprint density at radius 1 is 0.727 bits per heavy atom. The lowest BCUT2D eigenvalue weighted by Gasteiger charge is -2.07. The van der Waals surface area contributed by atoms with Crippen LogP contribution in [0.15, 0.2) is 36.4 Å². The lowest BCUT2D eigenvalue weighted by Crippen LogP contribution is -1.95. The van der Waals surface area contributed by atoms with Crippen molar-refractivity contribution in [2.45, 2.75) is 70.6 Å². The lowest BCUT2D eigenvalue weighted by atomic mass is 9.99. The largest absolute Gasteiger partial charge is 0.362 e. The average Bonchev–Trinajstić information content (AvgIpc) is 2.90. The summed E-state index contributed by atoms with van der Waals surface area (Å²) >= 11 is 0. The van der Waals surface area contributed by atoms with Gasteiger partial charge in [0.15, 0.2) is 0 Å². The summed E-state index contributed by atoms with van der Waals surface area (Å²) in [5, 5.41) is 0. The second-order valence-electron chi connectivity index (χ2n) is 6.79. The number of benzene rings is 1. The molecule has 0 saturated carbocycles. The molecule has 1 heterocycles. The van der Waals surface area contributed by atoms with E-state index in [9.17, 15) is 0 Å². The first-order valence-corrected chi connectivity index (χ1v) is 9.15. The summed E-state index contributed by atoms with van der Waals surface area (Å²) in [5.74, 6) is 0. The highest BCUT2D eigenvalue weighted by Gasteiger charge is 2.09. The monoisotopic (exact) mass is 295 g/mol. The third-order valence-corrected chi connectivity index (χ3v) is 4.91. The molecular formula is C21H29N. The number of aromatic nitrogens is 1. The molecule has 0 aliphatic heterocycles. The summed E-state index contributed by atoms with van der Waals surface area (Å²) in [5.41, 5.74) is 5.91. The summed E-state index contributed by atoms with van der Waals surface area (Å²) in [6, 6.07) is 13.3. The van der Waals surface area contributed by atoms with Crippen molar-refractivity contribution >= 4 is 0 Å². The molecule has 0 saturated heterocycles. The van der Waals surface area contributed by atoms with E-state index in [1.54, 1.807) is 5.56 Å². The average molecular weight is 295 g/mol. The van der Waals surface area contributed by atoms with Crippen LogP contribution in [0.1, 0.15) is 73.9 Å². The molecule has 0 unspecified atom stereocenters. The van der Waals surface area contributed by atoms with Crippen LogP contribution in [0.3, 0.4) is 0 Å². The van der Waals surface area contributed by atoms with Gasteiger partial charge in [0.1, 0.15) is 0 Å². The summed E-state index contributed by atoms with van der Waals surface area (Å²) in [7, 11) is 0. The number of fused-ring (bicyclic) bond motifs is 1. The SMILES string of the molecule is c1ccc(Cc2cc3c([nH]2)CCCCCCCCCC3)cc1. The standard InChI is InChI=1S/C21H29N/c1-2-4-6-11-15-21-19(14-10-5-3-1)17-20(22-21)16-18-12-8-7-9-13-18/h7-9,12-13,17,22H,1-6,10-11,14-16H2. The Labute approximate surface area is 135 Å². The number of hydrogen-bond donors (Lipinski definition) is 1. The molecule has 22 heavy (non-hydrogen) atoms. The van der Waals surface area contributed by atoms with Crippen LogP contribution in [0.4, 0.5) is 0 Å². The van der Waals surface area contributed by atoms with Gasteiger partial charge in [-0.2, -0.15) is 0 Å². The van der Waals surface area contributed by atoms with E-state index in [1.165, 1.54) is 81.2 Å². The summed E-state index contributed by atoms with van der Waals surface area (Å²) in [6.07, 6.45) is 14.8. The zero-order chi connectivity index (χ0) is 15.0. The molecule has 0 spiro atoms. The van der Waals surface area contributed by atoms with Crippen LogP contribution in [0.25, 0.3) is 0 Å². The third-order valence-electron chi connectivity index (χ3n) is 4.91. The molecule has 2 aromatic rings. The maximum absolute atomic E-state index is 3.73. The molecule has 1 heteroatoms. The Morgan fingerprint density at radius 3 is 2.09 bits per heavy atom. The predicted molar refractivity (Wildman–Crippen MR) is 94.4 cm³/mol. The van der Waals surface area contributed by atoms with Crippen LogP contribution in [-0.4, -0.2) is 4.98 Å². The van der Waals surface area contributed by atoms with Crippen molar-refractivity contribution in [3.05, 3.63) is 58.9 Å². The lowest BCUT2D eigenvalue weighted by molar-refractivity contribution is 0.558. The fourth-order valence-corrected chi connectivity index (χ4v) is 3.64. The molecule has 0 fully saturated rings. The molecule has 1 aromatic heterocycles. The first-order chi connectivity index (χ1) is 10.9. The van der Waals surface area contributed by atoms with E-state index in [1.807, 2.05) is 0 Å². The van der Waals surface area contributed by atoms with Crippen LogP contribution >= 0.6 is 0 Å². The van der Waals surface area contributed by atoms with E-state index in [4.69, 9.17) is 0 Å². The Morgan fingerprint density at radius 2 is 1.36 bits per heavy atom. The molecule has 3 rings (SSSR count). The second kappa shape index (κ2) is 8.22. The van der Waals surface area contributed by atoms with Crippen LogP contribution in [0, 0.1) is 0 Å². The number of H-pyrrole nitrogens is 1. The molecular weight excluding hydrogens is 266 g/mol.